The predicted molar refractivity (Wildman–Crippen MR) is 72.3 cm³/mol. The minimum atomic E-state index is -0.382. The van der Waals surface area contributed by atoms with Crippen molar-refractivity contribution < 1.29 is 19.0 Å². The lowest BCUT2D eigenvalue weighted by molar-refractivity contribution is 0.0434. The van der Waals surface area contributed by atoms with Crippen molar-refractivity contribution in [2.45, 2.75) is 19.2 Å². The lowest BCUT2D eigenvalue weighted by Gasteiger charge is -2.15. The highest BCUT2D eigenvalue weighted by atomic mass is 79.9. The van der Waals surface area contributed by atoms with E-state index in [0.29, 0.717) is 23.2 Å². The third-order valence-electron chi connectivity index (χ3n) is 2.48. The van der Waals surface area contributed by atoms with E-state index in [1.807, 2.05) is 13.0 Å². The predicted octanol–water partition coefficient (Wildman–Crippen LogP) is 3.05. The van der Waals surface area contributed by atoms with Gasteiger partial charge >= 0.3 is 5.97 Å². The van der Waals surface area contributed by atoms with Crippen molar-refractivity contribution in [1.29, 1.82) is 0 Å². The number of ether oxygens (including phenoxy) is 3. The van der Waals surface area contributed by atoms with Crippen LogP contribution in [0.3, 0.4) is 0 Å². The molecule has 0 amide bonds. The summed E-state index contributed by atoms with van der Waals surface area (Å²) in [5.74, 6) is 0.139. The first-order valence-corrected chi connectivity index (χ1v) is 6.75. The summed E-state index contributed by atoms with van der Waals surface area (Å²) in [4.78, 5) is 11.8. The van der Waals surface area contributed by atoms with Gasteiger partial charge in [-0.25, -0.2) is 4.79 Å². The van der Waals surface area contributed by atoms with Gasteiger partial charge in [0.1, 0.15) is 11.3 Å². The summed E-state index contributed by atoms with van der Waals surface area (Å²) < 4.78 is 15.4. The number of benzene rings is 1. The van der Waals surface area contributed by atoms with Crippen LogP contribution in [0.25, 0.3) is 0 Å². The van der Waals surface area contributed by atoms with E-state index >= 15 is 0 Å². The molecule has 0 aliphatic carbocycles. The van der Waals surface area contributed by atoms with Gasteiger partial charge in [0, 0.05) is 12.4 Å². The van der Waals surface area contributed by atoms with E-state index in [2.05, 4.69) is 15.9 Å². The standard InChI is InChI=1S/C13H17BrO4/c1-4-17-13(15)11-6-5-10(7-14)9(2)12(11)18-8-16-3/h5-6H,4,7-8H2,1-3H3. The van der Waals surface area contributed by atoms with Crippen LogP contribution in [-0.4, -0.2) is 26.5 Å². The molecule has 4 nitrogen and oxygen atoms in total. The normalized spacial score (nSPS) is 10.2. The molecule has 0 heterocycles. The zero-order chi connectivity index (χ0) is 13.5. The van der Waals surface area contributed by atoms with E-state index < -0.39 is 0 Å². The van der Waals surface area contributed by atoms with Crippen LogP contribution in [0.15, 0.2) is 12.1 Å². The fourth-order valence-corrected chi connectivity index (χ4v) is 2.16. The number of hydrogen-bond acceptors (Lipinski definition) is 4. The van der Waals surface area contributed by atoms with Gasteiger partial charge in [-0.15, -0.1) is 0 Å². The number of halogens is 1. The Kier molecular flexibility index (Phi) is 6.15. The molecule has 0 spiro atoms. The van der Waals surface area contributed by atoms with Gasteiger partial charge in [-0.1, -0.05) is 22.0 Å². The molecule has 0 saturated heterocycles. The van der Waals surface area contributed by atoms with Crippen LogP contribution in [0, 0.1) is 6.92 Å². The molecule has 1 aromatic rings. The van der Waals surface area contributed by atoms with Crippen LogP contribution in [0.5, 0.6) is 5.75 Å². The molecule has 0 saturated carbocycles. The molecule has 18 heavy (non-hydrogen) atoms. The maximum absolute atomic E-state index is 11.8. The Morgan fingerprint density at radius 2 is 2.11 bits per heavy atom. The van der Waals surface area contributed by atoms with Crippen molar-refractivity contribution in [3.05, 3.63) is 28.8 Å². The summed E-state index contributed by atoms with van der Waals surface area (Å²) in [5, 5.41) is 0.700. The maximum atomic E-state index is 11.8. The van der Waals surface area contributed by atoms with Crippen molar-refractivity contribution in [3.63, 3.8) is 0 Å². The molecule has 0 atom stereocenters. The highest BCUT2D eigenvalue weighted by Gasteiger charge is 2.17. The summed E-state index contributed by atoms with van der Waals surface area (Å²) in [6, 6.07) is 3.60. The summed E-state index contributed by atoms with van der Waals surface area (Å²) >= 11 is 3.40. The smallest absolute Gasteiger partial charge is 0.341 e. The van der Waals surface area contributed by atoms with Crippen molar-refractivity contribution in [2.75, 3.05) is 20.5 Å². The fourth-order valence-electron chi connectivity index (χ4n) is 1.55. The van der Waals surface area contributed by atoms with Crippen molar-refractivity contribution in [2.24, 2.45) is 0 Å². The first-order valence-electron chi connectivity index (χ1n) is 5.63. The third kappa shape index (κ3) is 3.46. The van der Waals surface area contributed by atoms with E-state index in [1.165, 1.54) is 7.11 Å². The highest BCUT2D eigenvalue weighted by Crippen LogP contribution is 2.28. The van der Waals surface area contributed by atoms with Gasteiger partial charge in [0.2, 0.25) is 0 Å². The second-order valence-electron chi connectivity index (χ2n) is 3.63. The molecule has 0 aliphatic rings. The van der Waals surface area contributed by atoms with Crippen molar-refractivity contribution in [3.8, 4) is 5.75 Å². The molecular formula is C13H17BrO4. The molecule has 0 bridgehead atoms. The van der Waals surface area contributed by atoms with E-state index in [4.69, 9.17) is 14.2 Å². The lowest BCUT2D eigenvalue weighted by atomic mass is 10.0. The number of methoxy groups -OCH3 is 1. The van der Waals surface area contributed by atoms with Gasteiger partial charge in [0.05, 0.1) is 6.61 Å². The second kappa shape index (κ2) is 7.38. The van der Waals surface area contributed by atoms with Gasteiger partial charge in [0.15, 0.2) is 6.79 Å². The first-order chi connectivity index (χ1) is 8.65. The lowest BCUT2D eigenvalue weighted by Crippen LogP contribution is -2.11. The molecule has 0 unspecified atom stereocenters. The van der Waals surface area contributed by atoms with Crippen LogP contribution < -0.4 is 4.74 Å². The van der Waals surface area contributed by atoms with E-state index in [1.54, 1.807) is 13.0 Å². The Morgan fingerprint density at radius 3 is 2.67 bits per heavy atom. The first kappa shape index (κ1) is 15.0. The van der Waals surface area contributed by atoms with Crippen molar-refractivity contribution in [1.82, 2.24) is 0 Å². The monoisotopic (exact) mass is 316 g/mol. The topological polar surface area (TPSA) is 44.8 Å². The molecule has 5 heteroatoms. The van der Waals surface area contributed by atoms with Crippen molar-refractivity contribution >= 4 is 21.9 Å². The Balaban J connectivity index is 3.15. The summed E-state index contributed by atoms with van der Waals surface area (Å²) in [6.07, 6.45) is 0. The zero-order valence-corrected chi connectivity index (χ0v) is 12.4. The van der Waals surface area contributed by atoms with Gasteiger partial charge in [0.25, 0.3) is 0 Å². The fraction of sp³-hybridized carbons (Fsp3) is 0.462. The number of alkyl halides is 1. The summed E-state index contributed by atoms with van der Waals surface area (Å²) in [5.41, 5.74) is 2.40. The minimum absolute atomic E-state index is 0.0962. The highest BCUT2D eigenvalue weighted by molar-refractivity contribution is 9.08. The van der Waals surface area contributed by atoms with Crippen LogP contribution in [0.1, 0.15) is 28.4 Å². The van der Waals surface area contributed by atoms with Crippen LogP contribution >= 0.6 is 15.9 Å². The molecule has 0 N–H and O–H groups in total. The zero-order valence-electron chi connectivity index (χ0n) is 10.8. The molecule has 0 aromatic heterocycles. The van der Waals surface area contributed by atoms with Gasteiger partial charge < -0.3 is 14.2 Å². The minimum Gasteiger partial charge on any atom is -0.466 e. The van der Waals surface area contributed by atoms with Crippen LogP contribution in [0.2, 0.25) is 0 Å². The Bertz CT molecular complexity index is 418. The Morgan fingerprint density at radius 1 is 1.39 bits per heavy atom. The van der Waals surface area contributed by atoms with Gasteiger partial charge in [-0.2, -0.15) is 0 Å². The molecular weight excluding hydrogens is 300 g/mol. The van der Waals surface area contributed by atoms with E-state index in [-0.39, 0.29) is 12.8 Å². The summed E-state index contributed by atoms with van der Waals surface area (Å²) in [6.45, 7) is 4.11. The van der Waals surface area contributed by atoms with E-state index in [9.17, 15) is 4.79 Å². The van der Waals surface area contributed by atoms with Gasteiger partial charge in [-0.3, -0.25) is 0 Å². The Labute approximate surface area is 115 Å². The molecule has 1 aromatic carbocycles. The largest absolute Gasteiger partial charge is 0.466 e. The number of carbonyl (C=O) groups is 1. The van der Waals surface area contributed by atoms with Crippen LogP contribution in [0.4, 0.5) is 0 Å². The maximum Gasteiger partial charge on any atom is 0.341 e. The average Bonchev–Trinajstić information content (AvgIpc) is 2.37. The number of hydrogen-bond donors (Lipinski definition) is 0. The molecule has 1 rings (SSSR count). The van der Waals surface area contributed by atoms with E-state index in [0.717, 1.165) is 11.1 Å². The second-order valence-corrected chi connectivity index (χ2v) is 4.19. The molecule has 0 aliphatic heterocycles. The molecule has 0 radical (unpaired) electrons. The summed E-state index contributed by atoms with van der Waals surface area (Å²) in [7, 11) is 1.54. The molecule has 0 fully saturated rings. The van der Waals surface area contributed by atoms with Gasteiger partial charge in [-0.05, 0) is 31.0 Å². The molecule has 100 valence electrons. The van der Waals surface area contributed by atoms with Crippen LogP contribution in [-0.2, 0) is 14.8 Å². The SMILES string of the molecule is CCOC(=O)c1ccc(CBr)c(C)c1OCOC. The average molecular weight is 317 g/mol. The number of carbonyl (C=O) groups excluding carboxylic acids is 1. The Hall–Kier alpha value is -1.07. The third-order valence-corrected chi connectivity index (χ3v) is 3.08. The number of esters is 1. The number of rotatable bonds is 6. The quantitative estimate of drug-likeness (QED) is 0.459.